The van der Waals surface area contributed by atoms with E-state index in [0.717, 1.165) is 25.9 Å². The summed E-state index contributed by atoms with van der Waals surface area (Å²) in [7, 11) is 0. The zero-order chi connectivity index (χ0) is 22.5. The summed E-state index contributed by atoms with van der Waals surface area (Å²) >= 11 is 5.75. The lowest BCUT2D eigenvalue weighted by Gasteiger charge is -2.32. The maximum Gasteiger partial charge on any atom is 0.339 e. The molecule has 1 aliphatic heterocycles. The number of nitro benzene ring substituents is 1. The molecule has 0 radical (unpaired) electrons. The van der Waals surface area contributed by atoms with Crippen LogP contribution >= 0.6 is 11.6 Å². The maximum atomic E-state index is 12.5. The average molecular weight is 447 g/mol. The lowest BCUT2D eigenvalue weighted by molar-refractivity contribution is -0.384. The molecule has 2 heterocycles. The fraction of sp³-hybridized carbons (Fsp3) is 0.381. The van der Waals surface area contributed by atoms with Gasteiger partial charge in [-0.3, -0.25) is 14.9 Å². The Morgan fingerprint density at radius 1 is 1.35 bits per heavy atom. The number of rotatable bonds is 6. The third-order valence-corrected chi connectivity index (χ3v) is 5.26. The molecule has 10 heteroatoms. The number of aromatic nitrogens is 1. The highest BCUT2D eigenvalue weighted by molar-refractivity contribution is 6.30. The van der Waals surface area contributed by atoms with Crippen LogP contribution in [0.5, 0.6) is 0 Å². The lowest BCUT2D eigenvalue weighted by atomic mass is 9.99. The van der Waals surface area contributed by atoms with E-state index < -0.39 is 22.9 Å². The molecule has 1 N–H and O–H groups in total. The average Bonchev–Trinajstić information content (AvgIpc) is 2.74. The first-order valence-electron chi connectivity index (χ1n) is 9.91. The smallest absolute Gasteiger partial charge is 0.339 e. The number of nitrogens with zero attached hydrogens (tertiary/aromatic N) is 3. The van der Waals surface area contributed by atoms with Gasteiger partial charge in [-0.15, -0.1) is 0 Å². The number of piperidine rings is 1. The Morgan fingerprint density at radius 3 is 2.77 bits per heavy atom. The van der Waals surface area contributed by atoms with Gasteiger partial charge < -0.3 is 15.0 Å². The van der Waals surface area contributed by atoms with Crippen LogP contribution in [0.3, 0.4) is 0 Å². The summed E-state index contributed by atoms with van der Waals surface area (Å²) < 4.78 is 5.19. The second kappa shape index (κ2) is 9.74. The first-order valence-corrected chi connectivity index (χ1v) is 10.3. The Morgan fingerprint density at radius 2 is 2.13 bits per heavy atom. The normalized spacial score (nSPS) is 17.0. The van der Waals surface area contributed by atoms with E-state index in [1.165, 1.54) is 31.3 Å². The standard InChI is InChI=1S/C21H23ClN4O5/c1-13-4-3-9-25(12-13)17-7-5-15(10-18(17)26(29)30)21(28)31-14(2)20(27)24-19-8-6-16(22)11-23-19/h5-8,10-11,13-14H,3-4,9,12H2,1-2H3,(H,23,24,27)/t13-,14-/m1/s1. The summed E-state index contributed by atoms with van der Waals surface area (Å²) in [5, 5.41) is 14.6. The minimum Gasteiger partial charge on any atom is -0.449 e. The SMILES string of the molecule is C[C@@H]1CCCN(c2ccc(C(=O)O[C@H](C)C(=O)Nc3ccc(Cl)cn3)cc2[N+](=O)[O-])C1. The van der Waals surface area contributed by atoms with E-state index in [0.29, 0.717) is 16.6 Å². The van der Waals surface area contributed by atoms with Crippen LogP contribution in [0.15, 0.2) is 36.5 Å². The minimum absolute atomic E-state index is 0.00442. The Labute approximate surface area is 184 Å². The number of amides is 1. The first kappa shape index (κ1) is 22.5. The highest BCUT2D eigenvalue weighted by atomic mass is 35.5. The Hall–Kier alpha value is -3.20. The van der Waals surface area contributed by atoms with Crippen molar-refractivity contribution < 1.29 is 19.2 Å². The van der Waals surface area contributed by atoms with E-state index >= 15 is 0 Å². The van der Waals surface area contributed by atoms with Gasteiger partial charge in [0.25, 0.3) is 11.6 Å². The fourth-order valence-electron chi connectivity index (χ4n) is 3.43. The Balaban J connectivity index is 1.70. The monoisotopic (exact) mass is 446 g/mol. The summed E-state index contributed by atoms with van der Waals surface area (Å²) in [6.45, 7) is 4.96. The molecule has 1 saturated heterocycles. The molecule has 0 spiro atoms. The van der Waals surface area contributed by atoms with Crippen molar-refractivity contribution in [2.75, 3.05) is 23.3 Å². The minimum atomic E-state index is -1.13. The highest BCUT2D eigenvalue weighted by Gasteiger charge is 2.26. The van der Waals surface area contributed by atoms with E-state index in [1.807, 2.05) is 4.90 Å². The molecule has 9 nitrogen and oxygen atoms in total. The zero-order valence-corrected chi connectivity index (χ0v) is 18.0. The number of benzene rings is 1. The summed E-state index contributed by atoms with van der Waals surface area (Å²) in [5.74, 6) is -0.717. The number of anilines is 2. The van der Waals surface area contributed by atoms with Crippen molar-refractivity contribution in [3.63, 3.8) is 0 Å². The quantitative estimate of drug-likeness (QED) is 0.404. The van der Waals surface area contributed by atoms with Crippen LogP contribution in [0, 0.1) is 16.0 Å². The molecule has 1 aromatic carbocycles. The van der Waals surface area contributed by atoms with Crippen molar-refractivity contribution in [1.82, 2.24) is 4.98 Å². The van der Waals surface area contributed by atoms with Gasteiger partial charge in [0.15, 0.2) is 6.10 Å². The molecule has 1 amide bonds. The molecular formula is C21H23ClN4O5. The maximum absolute atomic E-state index is 12.5. The molecule has 2 aromatic rings. The van der Waals surface area contributed by atoms with E-state index in [2.05, 4.69) is 17.2 Å². The second-order valence-corrected chi connectivity index (χ2v) is 7.99. The van der Waals surface area contributed by atoms with Crippen LogP contribution in [0.25, 0.3) is 0 Å². The van der Waals surface area contributed by atoms with Gasteiger partial charge in [-0.1, -0.05) is 18.5 Å². The molecule has 2 atom stereocenters. The molecular weight excluding hydrogens is 424 g/mol. The molecule has 3 rings (SSSR count). The fourth-order valence-corrected chi connectivity index (χ4v) is 3.54. The molecule has 164 valence electrons. The van der Waals surface area contributed by atoms with Crippen LogP contribution in [0.1, 0.15) is 37.0 Å². The van der Waals surface area contributed by atoms with Gasteiger partial charge in [0.2, 0.25) is 0 Å². The van der Waals surface area contributed by atoms with Gasteiger partial charge in [0.1, 0.15) is 11.5 Å². The number of nitrogens with one attached hydrogen (secondary N) is 1. The van der Waals surface area contributed by atoms with E-state index in [4.69, 9.17) is 16.3 Å². The van der Waals surface area contributed by atoms with E-state index in [9.17, 15) is 19.7 Å². The van der Waals surface area contributed by atoms with Crippen molar-refractivity contribution in [2.45, 2.75) is 32.8 Å². The predicted octanol–water partition coefficient (Wildman–Crippen LogP) is 4.06. The number of carbonyl (C=O) groups excluding carboxylic acids is 2. The number of ether oxygens (including phenoxy) is 1. The lowest BCUT2D eigenvalue weighted by Crippen LogP contribution is -2.34. The van der Waals surface area contributed by atoms with Gasteiger partial charge in [-0.2, -0.15) is 0 Å². The van der Waals surface area contributed by atoms with E-state index in [-0.39, 0.29) is 17.1 Å². The summed E-state index contributed by atoms with van der Waals surface area (Å²) in [4.78, 5) is 41.8. The second-order valence-electron chi connectivity index (χ2n) is 7.55. The summed E-state index contributed by atoms with van der Waals surface area (Å²) in [6, 6.07) is 7.32. The van der Waals surface area contributed by atoms with Crippen molar-refractivity contribution in [3.05, 3.63) is 57.2 Å². The van der Waals surface area contributed by atoms with Crippen LogP contribution in [0.2, 0.25) is 5.02 Å². The third-order valence-electron chi connectivity index (χ3n) is 5.04. The molecule has 0 aliphatic carbocycles. The number of halogens is 1. The van der Waals surface area contributed by atoms with Crippen LogP contribution in [-0.2, 0) is 9.53 Å². The number of pyridine rings is 1. The van der Waals surface area contributed by atoms with Crippen molar-refractivity contribution >= 4 is 40.7 Å². The molecule has 1 aromatic heterocycles. The van der Waals surface area contributed by atoms with Crippen molar-refractivity contribution in [1.29, 1.82) is 0 Å². The number of nitro groups is 1. The van der Waals surface area contributed by atoms with Crippen LogP contribution in [-0.4, -0.2) is 41.0 Å². The number of hydrogen-bond acceptors (Lipinski definition) is 7. The largest absolute Gasteiger partial charge is 0.449 e. The van der Waals surface area contributed by atoms with Crippen molar-refractivity contribution in [2.24, 2.45) is 5.92 Å². The first-order chi connectivity index (χ1) is 14.7. The summed E-state index contributed by atoms with van der Waals surface area (Å²) in [6.07, 6.45) is 2.28. The predicted molar refractivity (Wildman–Crippen MR) is 116 cm³/mol. The van der Waals surface area contributed by atoms with Crippen molar-refractivity contribution in [3.8, 4) is 0 Å². The Kier molecular flexibility index (Phi) is 7.06. The van der Waals surface area contributed by atoms with E-state index in [1.54, 1.807) is 12.1 Å². The third kappa shape index (κ3) is 5.69. The van der Waals surface area contributed by atoms with Gasteiger partial charge >= 0.3 is 5.97 Å². The molecule has 0 unspecified atom stereocenters. The Bertz CT molecular complexity index is 982. The zero-order valence-electron chi connectivity index (χ0n) is 17.2. The molecule has 0 saturated carbocycles. The van der Waals surface area contributed by atoms with Gasteiger partial charge in [-0.05, 0) is 49.9 Å². The summed E-state index contributed by atoms with van der Waals surface area (Å²) in [5.41, 5.74) is 0.323. The molecule has 1 aliphatic rings. The van der Waals surface area contributed by atoms with Gasteiger partial charge in [0.05, 0.1) is 15.5 Å². The number of carbonyl (C=O) groups is 2. The van der Waals surface area contributed by atoms with Gasteiger partial charge in [-0.25, -0.2) is 9.78 Å². The van der Waals surface area contributed by atoms with Gasteiger partial charge in [0, 0.05) is 25.4 Å². The molecule has 0 bridgehead atoms. The molecule has 31 heavy (non-hydrogen) atoms. The van der Waals surface area contributed by atoms with Crippen LogP contribution < -0.4 is 10.2 Å². The number of hydrogen-bond donors (Lipinski definition) is 1. The number of esters is 1. The van der Waals surface area contributed by atoms with Crippen LogP contribution in [0.4, 0.5) is 17.2 Å². The highest BCUT2D eigenvalue weighted by Crippen LogP contribution is 2.32. The topological polar surface area (TPSA) is 115 Å². The molecule has 1 fully saturated rings.